The van der Waals surface area contributed by atoms with E-state index in [0.29, 0.717) is 5.92 Å². The van der Waals surface area contributed by atoms with Crippen molar-refractivity contribution in [1.29, 1.82) is 0 Å². The van der Waals surface area contributed by atoms with Gasteiger partial charge >= 0.3 is 0 Å². The molecule has 0 heterocycles. The highest BCUT2D eigenvalue weighted by molar-refractivity contribution is 5.23. The number of aliphatic hydroxyl groups is 1. The molecule has 0 aromatic heterocycles. The van der Waals surface area contributed by atoms with E-state index in [4.69, 9.17) is 0 Å². The zero-order valence-corrected chi connectivity index (χ0v) is 6.27. The van der Waals surface area contributed by atoms with Gasteiger partial charge in [0.2, 0.25) is 0 Å². The van der Waals surface area contributed by atoms with E-state index in [-0.39, 0.29) is 0 Å². The molecule has 2 saturated carbocycles. The maximum Gasteiger partial charge on any atom is 0.0856 e. The van der Waals surface area contributed by atoms with E-state index < -0.39 is 5.60 Å². The summed E-state index contributed by atoms with van der Waals surface area (Å²) in [6, 6.07) is 0. The third kappa shape index (κ3) is 0.807. The molecule has 2 rings (SSSR count). The van der Waals surface area contributed by atoms with E-state index in [9.17, 15) is 5.11 Å². The molecule has 2 aliphatic carbocycles. The Hall–Kier alpha value is -0.300. The Kier molecular flexibility index (Phi) is 1.19. The fourth-order valence-electron chi connectivity index (χ4n) is 1.64. The van der Waals surface area contributed by atoms with Gasteiger partial charge in [0.1, 0.15) is 0 Å². The van der Waals surface area contributed by atoms with Crippen molar-refractivity contribution in [3.05, 3.63) is 12.2 Å². The van der Waals surface area contributed by atoms with E-state index in [1.807, 2.05) is 0 Å². The van der Waals surface area contributed by atoms with Crippen LogP contribution in [-0.4, -0.2) is 10.7 Å². The molecule has 0 saturated heterocycles. The first-order valence-electron chi connectivity index (χ1n) is 4.14. The van der Waals surface area contributed by atoms with Gasteiger partial charge in [-0.3, -0.25) is 0 Å². The lowest BCUT2D eigenvalue weighted by Crippen LogP contribution is -2.39. The second-order valence-corrected chi connectivity index (χ2v) is 3.68. The zero-order valence-electron chi connectivity index (χ0n) is 6.27. The molecule has 0 aromatic carbocycles. The van der Waals surface area contributed by atoms with E-state index in [1.165, 1.54) is 19.3 Å². The van der Waals surface area contributed by atoms with Crippen LogP contribution in [0.2, 0.25) is 0 Å². The van der Waals surface area contributed by atoms with E-state index >= 15 is 0 Å². The average molecular weight is 138 g/mol. The highest BCUT2D eigenvalue weighted by atomic mass is 16.3. The fourth-order valence-corrected chi connectivity index (χ4v) is 1.64. The topological polar surface area (TPSA) is 20.2 Å². The van der Waals surface area contributed by atoms with Crippen LogP contribution in [0.15, 0.2) is 12.2 Å². The van der Waals surface area contributed by atoms with Gasteiger partial charge in [-0.25, -0.2) is 0 Å². The summed E-state index contributed by atoms with van der Waals surface area (Å²) in [5.74, 6) is 0.672. The zero-order chi connectivity index (χ0) is 7.19. The smallest absolute Gasteiger partial charge is 0.0856 e. The van der Waals surface area contributed by atoms with Crippen LogP contribution < -0.4 is 0 Å². The summed E-state index contributed by atoms with van der Waals surface area (Å²) in [7, 11) is 0. The van der Waals surface area contributed by atoms with E-state index in [1.54, 1.807) is 0 Å². The van der Waals surface area contributed by atoms with E-state index in [0.717, 1.165) is 18.4 Å². The van der Waals surface area contributed by atoms with E-state index in [2.05, 4.69) is 6.58 Å². The lowest BCUT2D eigenvalue weighted by Gasteiger charge is -2.38. The Bertz CT molecular complexity index is 164. The third-order valence-electron chi connectivity index (χ3n) is 2.85. The van der Waals surface area contributed by atoms with Crippen LogP contribution in [-0.2, 0) is 0 Å². The Morgan fingerprint density at radius 1 is 1.40 bits per heavy atom. The molecule has 10 heavy (non-hydrogen) atoms. The van der Waals surface area contributed by atoms with Crippen LogP contribution in [0, 0.1) is 5.92 Å². The van der Waals surface area contributed by atoms with Crippen molar-refractivity contribution < 1.29 is 5.11 Å². The minimum absolute atomic E-state index is 0.429. The van der Waals surface area contributed by atoms with Crippen molar-refractivity contribution in [2.24, 2.45) is 5.92 Å². The predicted molar refractivity (Wildman–Crippen MR) is 40.7 cm³/mol. The quantitative estimate of drug-likeness (QED) is 0.577. The summed E-state index contributed by atoms with van der Waals surface area (Å²) in [4.78, 5) is 0. The Morgan fingerprint density at radius 3 is 2.30 bits per heavy atom. The highest BCUT2D eigenvalue weighted by Crippen LogP contribution is 2.47. The highest BCUT2D eigenvalue weighted by Gasteiger charge is 2.43. The normalized spacial score (nSPS) is 29.3. The summed E-state index contributed by atoms with van der Waals surface area (Å²) < 4.78 is 0. The van der Waals surface area contributed by atoms with Crippen molar-refractivity contribution in [3.63, 3.8) is 0 Å². The van der Waals surface area contributed by atoms with Gasteiger partial charge in [0.05, 0.1) is 5.60 Å². The van der Waals surface area contributed by atoms with Gasteiger partial charge in [0, 0.05) is 0 Å². The molecule has 0 amide bonds. The average Bonchev–Trinajstić information content (AvgIpc) is 2.62. The molecule has 0 bridgehead atoms. The third-order valence-corrected chi connectivity index (χ3v) is 2.85. The van der Waals surface area contributed by atoms with Gasteiger partial charge in [-0.15, -0.1) is 0 Å². The van der Waals surface area contributed by atoms with Crippen molar-refractivity contribution in [2.45, 2.75) is 37.7 Å². The van der Waals surface area contributed by atoms with Gasteiger partial charge in [-0.2, -0.15) is 0 Å². The number of rotatable bonds is 2. The van der Waals surface area contributed by atoms with Crippen molar-refractivity contribution in [1.82, 2.24) is 0 Å². The van der Waals surface area contributed by atoms with Crippen LogP contribution in [0.4, 0.5) is 0 Å². The van der Waals surface area contributed by atoms with Crippen molar-refractivity contribution in [3.8, 4) is 0 Å². The first-order chi connectivity index (χ1) is 4.72. The van der Waals surface area contributed by atoms with Crippen LogP contribution in [0.25, 0.3) is 0 Å². The SMILES string of the molecule is C=C(C1CC1)C1(O)CCC1. The number of hydrogen-bond acceptors (Lipinski definition) is 1. The molecule has 2 fully saturated rings. The maximum atomic E-state index is 9.79. The molecule has 0 aliphatic heterocycles. The monoisotopic (exact) mass is 138 g/mol. The molecule has 0 aromatic rings. The molecular formula is C9H14O. The van der Waals surface area contributed by atoms with Gasteiger partial charge in [-0.1, -0.05) is 6.58 Å². The minimum atomic E-state index is -0.429. The molecule has 0 unspecified atom stereocenters. The van der Waals surface area contributed by atoms with Crippen molar-refractivity contribution >= 4 is 0 Å². The summed E-state index contributed by atoms with van der Waals surface area (Å²) in [6.45, 7) is 3.96. The Labute approximate surface area is 61.8 Å². The summed E-state index contributed by atoms with van der Waals surface area (Å²) >= 11 is 0. The molecule has 0 atom stereocenters. The van der Waals surface area contributed by atoms with Crippen LogP contribution in [0.1, 0.15) is 32.1 Å². The van der Waals surface area contributed by atoms with Gasteiger partial charge in [0.15, 0.2) is 0 Å². The molecule has 0 spiro atoms. The summed E-state index contributed by atoms with van der Waals surface area (Å²) in [5.41, 5.74) is 0.694. The lowest BCUT2D eigenvalue weighted by atomic mass is 9.74. The first kappa shape index (κ1) is 6.41. The molecule has 1 N–H and O–H groups in total. The Balaban J connectivity index is 2.01. The van der Waals surface area contributed by atoms with Gasteiger partial charge in [-0.05, 0) is 43.6 Å². The molecule has 0 radical (unpaired) electrons. The van der Waals surface area contributed by atoms with Crippen molar-refractivity contribution in [2.75, 3.05) is 0 Å². The van der Waals surface area contributed by atoms with Gasteiger partial charge in [0.25, 0.3) is 0 Å². The first-order valence-corrected chi connectivity index (χ1v) is 4.14. The molecule has 2 aliphatic rings. The Morgan fingerprint density at radius 2 is 2.00 bits per heavy atom. The van der Waals surface area contributed by atoms with Crippen LogP contribution in [0.3, 0.4) is 0 Å². The largest absolute Gasteiger partial charge is 0.386 e. The summed E-state index contributed by atoms with van der Waals surface area (Å²) in [5, 5.41) is 9.79. The minimum Gasteiger partial charge on any atom is -0.386 e. The number of hydrogen-bond donors (Lipinski definition) is 1. The van der Waals surface area contributed by atoms with Crippen LogP contribution in [0.5, 0.6) is 0 Å². The van der Waals surface area contributed by atoms with Crippen LogP contribution >= 0.6 is 0 Å². The summed E-state index contributed by atoms with van der Waals surface area (Å²) in [6.07, 6.45) is 5.63. The molecular weight excluding hydrogens is 124 g/mol. The second-order valence-electron chi connectivity index (χ2n) is 3.68. The molecule has 1 heteroatoms. The fraction of sp³-hybridized carbons (Fsp3) is 0.778. The lowest BCUT2D eigenvalue weighted by molar-refractivity contribution is -0.00142. The molecule has 1 nitrogen and oxygen atoms in total. The van der Waals surface area contributed by atoms with Gasteiger partial charge < -0.3 is 5.11 Å². The second kappa shape index (κ2) is 1.85. The maximum absolute atomic E-state index is 9.79. The predicted octanol–water partition coefficient (Wildman–Crippen LogP) is 1.87. The standard InChI is InChI=1S/C9H14O/c1-7(8-3-4-8)9(10)5-2-6-9/h8,10H,1-6H2. The molecule has 56 valence electrons.